The molecule has 1 saturated heterocycles. The zero-order chi connectivity index (χ0) is 19.3. The van der Waals surface area contributed by atoms with E-state index in [1.807, 2.05) is 42.6 Å². The van der Waals surface area contributed by atoms with Gasteiger partial charge >= 0.3 is 0 Å². The van der Waals surface area contributed by atoms with Crippen LogP contribution in [0.15, 0.2) is 47.1 Å². The third-order valence-corrected chi connectivity index (χ3v) is 5.34. The lowest BCUT2D eigenvalue weighted by Crippen LogP contribution is -2.50. The van der Waals surface area contributed by atoms with Gasteiger partial charge in [-0.2, -0.15) is 0 Å². The molecular formula is C20H23BrN4O3. The molecule has 4 rings (SSSR count). The average molecular weight is 447 g/mol. The van der Waals surface area contributed by atoms with Gasteiger partial charge in [-0.15, -0.1) is 0 Å². The van der Waals surface area contributed by atoms with Crippen molar-refractivity contribution in [2.75, 3.05) is 50.8 Å². The van der Waals surface area contributed by atoms with E-state index in [-0.39, 0.29) is 12.0 Å². The van der Waals surface area contributed by atoms with E-state index in [1.54, 1.807) is 0 Å². The number of rotatable bonds is 5. The second kappa shape index (κ2) is 8.79. The van der Waals surface area contributed by atoms with E-state index in [4.69, 9.17) is 9.47 Å². The number of hydrogen-bond acceptors (Lipinski definition) is 6. The lowest BCUT2D eigenvalue weighted by molar-refractivity contribution is -0.122. The van der Waals surface area contributed by atoms with E-state index in [0.29, 0.717) is 19.7 Å². The molecule has 1 aromatic carbocycles. The van der Waals surface area contributed by atoms with Crippen LogP contribution in [0.3, 0.4) is 0 Å². The molecule has 2 aliphatic rings. The summed E-state index contributed by atoms with van der Waals surface area (Å²) in [5.41, 5.74) is 0. The molecule has 1 atom stereocenters. The number of benzene rings is 1. The molecule has 2 aromatic rings. The molecule has 0 aliphatic carbocycles. The number of piperazine rings is 1. The highest BCUT2D eigenvalue weighted by molar-refractivity contribution is 9.10. The van der Waals surface area contributed by atoms with Crippen LogP contribution >= 0.6 is 15.9 Å². The smallest absolute Gasteiger partial charge is 0.234 e. The topological polar surface area (TPSA) is 66.9 Å². The number of para-hydroxylation sites is 2. The number of anilines is 1. The highest BCUT2D eigenvalue weighted by Gasteiger charge is 2.23. The minimum Gasteiger partial charge on any atom is -0.486 e. The normalized spacial score (nSPS) is 19.3. The van der Waals surface area contributed by atoms with Crippen LogP contribution in [0.2, 0.25) is 0 Å². The number of nitrogens with one attached hydrogen (secondary N) is 1. The molecule has 1 unspecified atom stereocenters. The minimum absolute atomic E-state index is 0.0117. The second-order valence-electron chi connectivity index (χ2n) is 6.90. The summed E-state index contributed by atoms with van der Waals surface area (Å²) in [5.74, 6) is 2.47. The Morgan fingerprint density at radius 1 is 1.14 bits per heavy atom. The molecule has 2 aliphatic heterocycles. The Balaban J connectivity index is 1.19. The van der Waals surface area contributed by atoms with Crippen molar-refractivity contribution in [2.24, 2.45) is 0 Å². The molecule has 0 saturated carbocycles. The largest absolute Gasteiger partial charge is 0.486 e. The number of carbonyl (C=O) groups is 1. The van der Waals surface area contributed by atoms with Gasteiger partial charge in [-0.05, 0) is 40.2 Å². The lowest BCUT2D eigenvalue weighted by atomic mass is 10.2. The van der Waals surface area contributed by atoms with E-state index in [2.05, 4.69) is 36.0 Å². The third-order valence-electron chi connectivity index (χ3n) is 4.87. The molecule has 0 spiro atoms. The first-order valence-electron chi connectivity index (χ1n) is 9.41. The molecule has 1 amide bonds. The summed E-state index contributed by atoms with van der Waals surface area (Å²) < 4.78 is 12.5. The number of halogens is 1. The van der Waals surface area contributed by atoms with Crippen molar-refractivity contribution in [3.05, 3.63) is 47.1 Å². The zero-order valence-electron chi connectivity index (χ0n) is 15.5. The highest BCUT2D eigenvalue weighted by atomic mass is 79.9. The Morgan fingerprint density at radius 3 is 2.68 bits per heavy atom. The Labute approximate surface area is 172 Å². The van der Waals surface area contributed by atoms with Crippen molar-refractivity contribution in [3.8, 4) is 11.5 Å². The van der Waals surface area contributed by atoms with Crippen LogP contribution in [0.5, 0.6) is 11.5 Å². The fourth-order valence-corrected chi connectivity index (χ4v) is 3.58. The maximum absolute atomic E-state index is 12.3. The van der Waals surface area contributed by atoms with Gasteiger partial charge < -0.3 is 19.7 Å². The Kier molecular flexibility index (Phi) is 5.97. The molecule has 7 nitrogen and oxygen atoms in total. The first-order chi connectivity index (χ1) is 13.7. The van der Waals surface area contributed by atoms with Crippen molar-refractivity contribution in [1.29, 1.82) is 0 Å². The number of ether oxygens (including phenoxy) is 2. The number of aromatic nitrogens is 1. The SMILES string of the molecule is O=C(CN1CCN(c2ccc(Br)cn2)CC1)NCC1COc2ccccc2O1. The van der Waals surface area contributed by atoms with E-state index >= 15 is 0 Å². The van der Waals surface area contributed by atoms with E-state index in [0.717, 1.165) is 48.0 Å². The fourth-order valence-electron chi connectivity index (χ4n) is 3.34. The Bertz CT molecular complexity index is 809. The molecule has 3 heterocycles. The van der Waals surface area contributed by atoms with E-state index in [9.17, 15) is 4.79 Å². The summed E-state index contributed by atoms with van der Waals surface area (Å²) in [4.78, 5) is 21.2. The second-order valence-corrected chi connectivity index (χ2v) is 7.82. The fraction of sp³-hybridized carbons (Fsp3) is 0.400. The maximum atomic E-state index is 12.3. The van der Waals surface area contributed by atoms with Gasteiger partial charge in [0.1, 0.15) is 18.5 Å². The number of hydrogen-bond donors (Lipinski definition) is 1. The van der Waals surface area contributed by atoms with Gasteiger partial charge in [-0.1, -0.05) is 12.1 Å². The average Bonchev–Trinajstić information content (AvgIpc) is 2.73. The van der Waals surface area contributed by atoms with Gasteiger partial charge in [0.25, 0.3) is 0 Å². The van der Waals surface area contributed by atoms with Crippen molar-refractivity contribution in [1.82, 2.24) is 15.2 Å². The van der Waals surface area contributed by atoms with Crippen LogP contribution in [-0.4, -0.2) is 67.8 Å². The van der Waals surface area contributed by atoms with Crippen LogP contribution in [0, 0.1) is 0 Å². The van der Waals surface area contributed by atoms with Crippen LogP contribution in [0.1, 0.15) is 0 Å². The van der Waals surface area contributed by atoms with Crippen LogP contribution in [-0.2, 0) is 4.79 Å². The molecule has 1 fully saturated rings. The number of fused-ring (bicyclic) bond motifs is 1. The molecule has 0 radical (unpaired) electrons. The zero-order valence-corrected chi connectivity index (χ0v) is 17.1. The van der Waals surface area contributed by atoms with Gasteiger partial charge in [0, 0.05) is 36.8 Å². The van der Waals surface area contributed by atoms with Crippen molar-refractivity contribution >= 4 is 27.7 Å². The number of amides is 1. The summed E-state index contributed by atoms with van der Waals surface area (Å²) in [6, 6.07) is 11.6. The highest BCUT2D eigenvalue weighted by Crippen LogP contribution is 2.30. The van der Waals surface area contributed by atoms with Gasteiger partial charge in [-0.25, -0.2) is 4.98 Å². The first-order valence-corrected chi connectivity index (χ1v) is 10.2. The van der Waals surface area contributed by atoms with Gasteiger partial charge in [-0.3, -0.25) is 9.69 Å². The van der Waals surface area contributed by atoms with Crippen LogP contribution in [0.4, 0.5) is 5.82 Å². The van der Waals surface area contributed by atoms with Crippen molar-refractivity contribution < 1.29 is 14.3 Å². The predicted molar refractivity (Wildman–Crippen MR) is 110 cm³/mol. The van der Waals surface area contributed by atoms with E-state index in [1.165, 1.54) is 0 Å². The molecule has 0 bridgehead atoms. The molecular weight excluding hydrogens is 424 g/mol. The molecule has 1 aromatic heterocycles. The summed E-state index contributed by atoms with van der Waals surface area (Å²) in [6.45, 7) is 4.66. The van der Waals surface area contributed by atoms with Crippen molar-refractivity contribution in [3.63, 3.8) is 0 Å². The van der Waals surface area contributed by atoms with Gasteiger partial charge in [0.2, 0.25) is 5.91 Å². The summed E-state index contributed by atoms with van der Waals surface area (Å²) in [7, 11) is 0. The molecule has 1 N–H and O–H groups in total. The summed E-state index contributed by atoms with van der Waals surface area (Å²) in [5, 5.41) is 2.96. The summed E-state index contributed by atoms with van der Waals surface area (Å²) >= 11 is 3.41. The predicted octanol–water partition coefficient (Wildman–Crippen LogP) is 1.92. The number of pyridine rings is 1. The Hall–Kier alpha value is -2.32. The quantitative estimate of drug-likeness (QED) is 0.756. The Morgan fingerprint density at radius 2 is 1.93 bits per heavy atom. The van der Waals surface area contributed by atoms with Gasteiger partial charge in [0.15, 0.2) is 11.5 Å². The summed E-state index contributed by atoms with van der Waals surface area (Å²) in [6.07, 6.45) is 1.64. The monoisotopic (exact) mass is 446 g/mol. The van der Waals surface area contributed by atoms with Gasteiger partial charge in [0.05, 0.1) is 13.1 Å². The minimum atomic E-state index is -0.167. The van der Waals surface area contributed by atoms with Crippen molar-refractivity contribution in [2.45, 2.75) is 6.10 Å². The molecule has 28 heavy (non-hydrogen) atoms. The third kappa shape index (κ3) is 4.74. The number of nitrogens with zero attached hydrogens (tertiary/aromatic N) is 3. The standard InChI is InChI=1S/C20H23BrN4O3/c21-15-5-6-19(22-11-15)25-9-7-24(8-10-25)13-20(26)23-12-16-14-27-17-3-1-2-4-18(17)28-16/h1-6,11,16H,7-10,12-14H2,(H,23,26). The molecule has 148 valence electrons. The first kappa shape index (κ1) is 19.0. The van der Waals surface area contributed by atoms with E-state index < -0.39 is 0 Å². The molecule has 8 heteroatoms. The van der Waals surface area contributed by atoms with Crippen LogP contribution < -0.4 is 19.7 Å². The van der Waals surface area contributed by atoms with Crippen LogP contribution in [0.25, 0.3) is 0 Å². The maximum Gasteiger partial charge on any atom is 0.234 e. The lowest BCUT2D eigenvalue weighted by Gasteiger charge is -2.35. The number of carbonyl (C=O) groups excluding carboxylic acids is 1.